The van der Waals surface area contributed by atoms with Crippen LogP contribution < -0.4 is 10.2 Å². The van der Waals surface area contributed by atoms with Crippen LogP contribution >= 0.6 is 11.3 Å². The minimum atomic E-state index is -0.954. The van der Waals surface area contributed by atoms with E-state index >= 15 is 4.39 Å². The second kappa shape index (κ2) is 8.56. The molecule has 3 aromatic rings. The van der Waals surface area contributed by atoms with Crippen LogP contribution in [0.5, 0.6) is 5.75 Å². The van der Waals surface area contributed by atoms with Crippen LogP contribution in [0.4, 0.5) is 10.3 Å². The van der Waals surface area contributed by atoms with Crippen LogP contribution in [0.2, 0.25) is 0 Å². The number of hydrogen-bond donors (Lipinski definition) is 2. The Morgan fingerprint density at radius 3 is 2.74 bits per heavy atom. The average Bonchev–Trinajstić information content (AvgIpc) is 3.57. The van der Waals surface area contributed by atoms with Gasteiger partial charge in [-0.05, 0) is 44.2 Å². The van der Waals surface area contributed by atoms with Crippen LogP contribution in [-0.4, -0.2) is 55.6 Å². The van der Waals surface area contributed by atoms with Gasteiger partial charge in [-0.2, -0.15) is 5.26 Å². The van der Waals surface area contributed by atoms with E-state index in [4.69, 9.17) is 5.26 Å². The fourth-order valence-electron chi connectivity index (χ4n) is 5.23. The Morgan fingerprint density at radius 2 is 2.03 bits per heavy atom. The number of nitrogens with one attached hydrogen (secondary N) is 1. The molecule has 0 spiro atoms. The number of aromatic nitrogens is 4. The van der Waals surface area contributed by atoms with Crippen LogP contribution in [0.1, 0.15) is 43.4 Å². The van der Waals surface area contributed by atoms with Crippen molar-refractivity contribution >= 4 is 17.3 Å². The molecule has 0 amide bonds. The second-order valence-corrected chi connectivity index (χ2v) is 10.3. The molecular formula is C24H24FN7OS. The lowest BCUT2D eigenvalue weighted by Crippen LogP contribution is -2.62. The van der Waals surface area contributed by atoms with Crippen molar-refractivity contribution in [3.8, 4) is 33.6 Å². The van der Waals surface area contributed by atoms with Gasteiger partial charge < -0.3 is 15.3 Å². The Morgan fingerprint density at radius 1 is 1.15 bits per heavy atom. The molecule has 3 aliphatic rings. The predicted octanol–water partition coefficient (Wildman–Crippen LogP) is 3.83. The Hall–Kier alpha value is -3.16. The first kappa shape index (κ1) is 21.4. The largest absolute Gasteiger partial charge is 0.507 e. The quantitative estimate of drug-likeness (QED) is 0.570. The van der Waals surface area contributed by atoms with Crippen molar-refractivity contribution in [3.05, 3.63) is 35.5 Å². The number of benzene rings is 1. The van der Waals surface area contributed by atoms with Crippen molar-refractivity contribution in [3.63, 3.8) is 0 Å². The minimum absolute atomic E-state index is 0.0316. The highest BCUT2D eigenvalue weighted by Crippen LogP contribution is 2.39. The summed E-state index contributed by atoms with van der Waals surface area (Å²) in [5.74, 6) is 0.492. The SMILES string of the molecule is N#Cc1cnc(-c2ccc(-c3cnc(N(C4CC4)[C@@H]4C[C@@H]5CCC[C@H](N5)[C@@H]4F)nn3)c(O)c2)s1. The monoisotopic (exact) mass is 477 g/mol. The number of piperidine rings is 2. The molecule has 2 bridgehead atoms. The van der Waals surface area contributed by atoms with Crippen LogP contribution in [0, 0.1) is 11.3 Å². The molecule has 8 nitrogen and oxygen atoms in total. The molecule has 0 unspecified atom stereocenters. The molecule has 4 atom stereocenters. The molecule has 174 valence electrons. The van der Waals surface area contributed by atoms with E-state index in [-0.39, 0.29) is 23.9 Å². The first-order valence-corrected chi connectivity index (χ1v) is 12.5. The maximum atomic E-state index is 15.4. The van der Waals surface area contributed by atoms with Gasteiger partial charge in [0.05, 0.1) is 18.4 Å². The first-order chi connectivity index (χ1) is 16.6. The van der Waals surface area contributed by atoms with Gasteiger partial charge in [0, 0.05) is 29.3 Å². The normalized spacial score (nSPS) is 26.1. The number of halogens is 1. The molecule has 2 saturated heterocycles. The van der Waals surface area contributed by atoms with E-state index in [1.807, 2.05) is 6.07 Å². The van der Waals surface area contributed by atoms with Crippen LogP contribution in [-0.2, 0) is 0 Å². The summed E-state index contributed by atoms with van der Waals surface area (Å²) in [6.07, 6.45) is 7.99. The number of thiazole rings is 1. The number of hydrogen-bond acceptors (Lipinski definition) is 9. The van der Waals surface area contributed by atoms with E-state index in [0.717, 1.165) is 44.1 Å². The minimum Gasteiger partial charge on any atom is -0.507 e. The summed E-state index contributed by atoms with van der Waals surface area (Å²) in [5, 5.41) is 32.5. The number of fused-ring (bicyclic) bond motifs is 2. The highest BCUT2D eigenvalue weighted by molar-refractivity contribution is 7.15. The van der Waals surface area contributed by atoms with E-state index in [1.165, 1.54) is 17.5 Å². The van der Waals surface area contributed by atoms with Crippen molar-refractivity contribution < 1.29 is 9.50 Å². The molecule has 2 N–H and O–H groups in total. The van der Waals surface area contributed by atoms with Gasteiger partial charge in [-0.25, -0.2) is 14.4 Å². The zero-order valence-corrected chi connectivity index (χ0v) is 19.2. The lowest BCUT2D eigenvalue weighted by atomic mass is 9.82. The number of phenols is 1. The molecule has 1 aromatic carbocycles. The lowest BCUT2D eigenvalue weighted by molar-refractivity contribution is 0.103. The van der Waals surface area contributed by atoms with Gasteiger partial charge in [0.15, 0.2) is 0 Å². The highest BCUT2D eigenvalue weighted by atomic mass is 32.1. The molecule has 1 aliphatic carbocycles. The third-order valence-corrected chi connectivity index (χ3v) is 7.96. The fraction of sp³-hybridized carbons (Fsp3) is 0.458. The Kier molecular flexibility index (Phi) is 5.38. The molecule has 2 aliphatic heterocycles. The van der Waals surface area contributed by atoms with Gasteiger partial charge in [-0.15, -0.1) is 21.5 Å². The summed E-state index contributed by atoms with van der Waals surface area (Å²) in [6, 6.07) is 7.52. The predicted molar refractivity (Wildman–Crippen MR) is 126 cm³/mol. The molecule has 10 heteroatoms. The zero-order chi connectivity index (χ0) is 23.2. The summed E-state index contributed by atoms with van der Waals surface area (Å²) in [6.45, 7) is 0. The molecule has 3 fully saturated rings. The maximum absolute atomic E-state index is 15.4. The first-order valence-electron chi connectivity index (χ1n) is 11.7. The van der Waals surface area contributed by atoms with Gasteiger partial charge >= 0.3 is 0 Å². The summed E-state index contributed by atoms with van der Waals surface area (Å²) in [7, 11) is 0. The van der Waals surface area contributed by atoms with Crippen molar-refractivity contribution in [2.45, 2.75) is 68.9 Å². The Labute approximate surface area is 200 Å². The molecule has 0 radical (unpaired) electrons. The van der Waals surface area contributed by atoms with E-state index in [2.05, 4.69) is 36.5 Å². The number of rotatable bonds is 5. The number of nitrogens with zero attached hydrogens (tertiary/aromatic N) is 6. The van der Waals surface area contributed by atoms with Gasteiger partial charge in [0.2, 0.25) is 5.95 Å². The summed E-state index contributed by atoms with van der Waals surface area (Å²) < 4.78 is 15.4. The molecule has 1 saturated carbocycles. The van der Waals surface area contributed by atoms with Crippen molar-refractivity contribution in [1.29, 1.82) is 5.26 Å². The highest BCUT2D eigenvalue weighted by Gasteiger charge is 2.47. The molecule has 6 rings (SSSR count). The molecular weight excluding hydrogens is 453 g/mol. The average molecular weight is 478 g/mol. The lowest BCUT2D eigenvalue weighted by Gasteiger charge is -2.46. The van der Waals surface area contributed by atoms with Gasteiger partial charge in [-0.1, -0.05) is 12.5 Å². The summed E-state index contributed by atoms with van der Waals surface area (Å²) in [5.41, 5.74) is 1.67. The summed E-state index contributed by atoms with van der Waals surface area (Å²) >= 11 is 1.27. The second-order valence-electron chi connectivity index (χ2n) is 9.30. The number of aromatic hydroxyl groups is 1. The van der Waals surface area contributed by atoms with Gasteiger partial charge in [0.1, 0.15) is 33.6 Å². The maximum Gasteiger partial charge on any atom is 0.245 e. The van der Waals surface area contributed by atoms with Crippen LogP contribution in [0.3, 0.4) is 0 Å². The van der Waals surface area contributed by atoms with E-state index in [0.29, 0.717) is 33.1 Å². The van der Waals surface area contributed by atoms with Gasteiger partial charge in [0.25, 0.3) is 0 Å². The number of anilines is 1. The van der Waals surface area contributed by atoms with E-state index < -0.39 is 6.17 Å². The zero-order valence-electron chi connectivity index (χ0n) is 18.4. The topological polar surface area (TPSA) is 111 Å². The van der Waals surface area contributed by atoms with E-state index in [1.54, 1.807) is 18.3 Å². The Balaban J connectivity index is 1.25. The number of phenolic OH excluding ortho intramolecular Hbond substituents is 1. The fourth-order valence-corrected chi connectivity index (χ4v) is 5.94. The van der Waals surface area contributed by atoms with Crippen LogP contribution in [0.25, 0.3) is 21.8 Å². The summed E-state index contributed by atoms with van der Waals surface area (Å²) in [4.78, 5) is 11.4. The third kappa shape index (κ3) is 3.89. The number of nitriles is 1. The molecule has 4 heterocycles. The standard InChI is InChI=1S/C24H24FN7OS/c25-22-18-3-1-2-14(29-18)9-20(22)32(15-5-6-15)24-28-12-19(30-31-24)17-7-4-13(8-21(17)33)23-27-11-16(10-26)34-23/h4,7-8,11-12,14-15,18,20,22,29,33H,1-3,5-6,9H2/t14-,18-,20+,22-/m0/s1. The van der Waals surface area contributed by atoms with Crippen molar-refractivity contribution in [1.82, 2.24) is 25.5 Å². The number of alkyl halides is 1. The van der Waals surface area contributed by atoms with Crippen LogP contribution in [0.15, 0.2) is 30.6 Å². The smallest absolute Gasteiger partial charge is 0.245 e. The molecule has 2 aromatic heterocycles. The van der Waals surface area contributed by atoms with Crippen molar-refractivity contribution in [2.24, 2.45) is 0 Å². The van der Waals surface area contributed by atoms with Gasteiger partial charge in [-0.3, -0.25) is 0 Å². The van der Waals surface area contributed by atoms with E-state index in [9.17, 15) is 5.11 Å². The molecule has 34 heavy (non-hydrogen) atoms. The Bertz CT molecular complexity index is 1240. The third-order valence-electron chi connectivity index (χ3n) is 7.01. The van der Waals surface area contributed by atoms with Crippen molar-refractivity contribution in [2.75, 3.05) is 4.90 Å².